The molecule has 0 aromatic carbocycles. The summed E-state index contributed by atoms with van der Waals surface area (Å²) in [6.07, 6.45) is 56.3. The van der Waals surface area contributed by atoms with Gasteiger partial charge in [0.05, 0.1) is 39.9 Å². The van der Waals surface area contributed by atoms with E-state index >= 15 is 0 Å². The smallest absolute Gasteiger partial charge is 0.268 e. The Kier molecular flexibility index (Phi) is 45.4. The minimum atomic E-state index is -4.57. The molecule has 0 saturated carbocycles. The number of hydrogen-bond donors (Lipinski definition) is 2. The van der Waals surface area contributed by atoms with Crippen LogP contribution in [0.25, 0.3) is 0 Å². The number of amides is 1. The molecular formula is C54H107N2O6P. The summed E-state index contributed by atoms with van der Waals surface area (Å²) >= 11 is 0. The molecule has 0 saturated heterocycles. The van der Waals surface area contributed by atoms with Crippen LogP contribution in [0.1, 0.15) is 264 Å². The average molecular weight is 911 g/mol. The number of rotatable bonds is 50. The van der Waals surface area contributed by atoms with Crippen molar-refractivity contribution < 1.29 is 32.9 Å². The fraction of sp³-hybridized carbons (Fsp3) is 0.907. The van der Waals surface area contributed by atoms with E-state index < -0.39 is 20.0 Å². The molecule has 2 N–H and O–H groups in total. The van der Waals surface area contributed by atoms with E-state index in [9.17, 15) is 19.4 Å². The van der Waals surface area contributed by atoms with Crippen LogP contribution in [0.4, 0.5) is 0 Å². The molecule has 0 aromatic rings. The lowest BCUT2D eigenvalue weighted by molar-refractivity contribution is -0.870. The van der Waals surface area contributed by atoms with Crippen molar-refractivity contribution in [2.24, 2.45) is 0 Å². The number of quaternary nitrogens is 1. The highest BCUT2D eigenvalue weighted by molar-refractivity contribution is 7.45. The van der Waals surface area contributed by atoms with E-state index in [-0.39, 0.29) is 19.1 Å². The van der Waals surface area contributed by atoms with Gasteiger partial charge in [-0.25, -0.2) is 0 Å². The summed E-state index contributed by atoms with van der Waals surface area (Å²) in [5, 5.41) is 14.0. The zero-order valence-electron chi connectivity index (χ0n) is 42.5. The largest absolute Gasteiger partial charge is 0.756 e. The number of nitrogens with one attached hydrogen (secondary N) is 1. The molecule has 0 heterocycles. The van der Waals surface area contributed by atoms with Crippen LogP contribution in [0.3, 0.4) is 0 Å². The van der Waals surface area contributed by atoms with Crippen molar-refractivity contribution in [1.82, 2.24) is 5.32 Å². The van der Waals surface area contributed by atoms with Gasteiger partial charge in [-0.15, -0.1) is 0 Å². The Balaban J connectivity index is 4.13. The molecule has 0 aliphatic rings. The number of likely N-dealkylation sites (N-methyl/N-ethyl adjacent to an activating group) is 1. The Morgan fingerprint density at radius 2 is 0.921 bits per heavy atom. The highest BCUT2D eigenvalue weighted by atomic mass is 31.2. The maximum atomic E-state index is 12.9. The normalized spacial score (nSPS) is 14.2. The summed E-state index contributed by atoms with van der Waals surface area (Å²) in [5.41, 5.74) is 0. The Hall–Kier alpha value is -1.02. The summed E-state index contributed by atoms with van der Waals surface area (Å²) in [6.45, 7) is 4.74. The van der Waals surface area contributed by atoms with Gasteiger partial charge in [-0.05, 0) is 44.9 Å². The standard InChI is InChI=1S/C54H107N2O6P/c1-6-8-10-12-14-16-18-20-22-23-24-25-26-27-28-29-30-31-32-33-34-36-38-40-42-44-46-48-54(58)55-52(51-62-63(59,60)61-50-49-56(3,4)5)53(57)47-45-43-41-39-37-35-21-19-17-15-13-11-9-7-2/h24-25,27-28,52-53,57H,6-23,26,29-51H2,1-5H3,(H-,55,58,59,60)/b25-24-,28-27-. The second kappa shape index (κ2) is 46.1. The first kappa shape index (κ1) is 62.0. The van der Waals surface area contributed by atoms with Crippen LogP contribution in [0.15, 0.2) is 24.3 Å². The van der Waals surface area contributed by atoms with E-state index in [4.69, 9.17) is 9.05 Å². The number of aliphatic hydroxyl groups excluding tert-OH is 1. The number of carbonyl (C=O) groups is 1. The minimum Gasteiger partial charge on any atom is -0.756 e. The van der Waals surface area contributed by atoms with Gasteiger partial charge in [-0.2, -0.15) is 0 Å². The van der Waals surface area contributed by atoms with Crippen molar-refractivity contribution in [3.05, 3.63) is 24.3 Å². The Morgan fingerprint density at radius 3 is 1.32 bits per heavy atom. The summed E-state index contributed by atoms with van der Waals surface area (Å²) in [5.74, 6) is -0.165. The lowest BCUT2D eigenvalue weighted by Gasteiger charge is -2.30. The van der Waals surface area contributed by atoms with Gasteiger partial charge >= 0.3 is 0 Å². The summed E-state index contributed by atoms with van der Waals surface area (Å²) in [4.78, 5) is 25.5. The molecule has 0 aromatic heterocycles. The number of aliphatic hydroxyl groups is 1. The highest BCUT2D eigenvalue weighted by Crippen LogP contribution is 2.38. The second-order valence-corrected chi connectivity index (χ2v) is 21.4. The Labute approximate surface area is 392 Å². The third-order valence-electron chi connectivity index (χ3n) is 12.4. The van der Waals surface area contributed by atoms with Crippen LogP contribution in [-0.4, -0.2) is 68.5 Å². The van der Waals surface area contributed by atoms with Gasteiger partial charge in [0.15, 0.2) is 0 Å². The Bertz CT molecular complexity index is 1080. The van der Waals surface area contributed by atoms with Gasteiger partial charge in [0, 0.05) is 6.42 Å². The quantitative estimate of drug-likeness (QED) is 0.0272. The molecule has 0 fully saturated rings. The number of phosphoric acid groups is 1. The third-order valence-corrected chi connectivity index (χ3v) is 13.4. The third kappa shape index (κ3) is 48.7. The van der Waals surface area contributed by atoms with Crippen LogP contribution < -0.4 is 10.2 Å². The van der Waals surface area contributed by atoms with Gasteiger partial charge in [-0.3, -0.25) is 9.36 Å². The number of hydrogen-bond acceptors (Lipinski definition) is 6. The van der Waals surface area contributed by atoms with Crippen LogP contribution in [-0.2, 0) is 18.4 Å². The first-order chi connectivity index (χ1) is 30.5. The second-order valence-electron chi connectivity index (χ2n) is 19.9. The number of unbranched alkanes of at least 4 members (excludes halogenated alkanes) is 33. The molecule has 0 rings (SSSR count). The molecule has 8 nitrogen and oxygen atoms in total. The van der Waals surface area contributed by atoms with Gasteiger partial charge in [0.25, 0.3) is 7.82 Å². The van der Waals surface area contributed by atoms with Crippen molar-refractivity contribution >= 4 is 13.7 Å². The first-order valence-electron chi connectivity index (χ1n) is 27.2. The highest BCUT2D eigenvalue weighted by Gasteiger charge is 2.24. The zero-order chi connectivity index (χ0) is 46.4. The first-order valence-corrected chi connectivity index (χ1v) is 28.6. The monoisotopic (exact) mass is 911 g/mol. The molecular weight excluding hydrogens is 804 g/mol. The lowest BCUT2D eigenvalue weighted by atomic mass is 10.0. The molecule has 3 unspecified atom stereocenters. The van der Waals surface area contributed by atoms with Gasteiger partial charge in [0.2, 0.25) is 5.91 Å². The van der Waals surface area contributed by atoms with Crippen molar-refractivity contribution in [1.29, 1.82) is 0 Å². The van der Waals surface area contributed by atoms with E-state index in [2.05, 4.69) is 43.5 Å². The van der Waals surface area contributed by atoms with E-state index in [0.29, 0.717) is 23.9 Å². The summed E-state index contributed by atoms with van der Waals surface area (Å²) < 4.78 is 23.4. The van der Waals surface area contributed by atoms with Crippen molar-refractivity contribution in [2.45, 2.75) is 276 Å². The fourth-order valence-electron chi connectivity index (χ4n) is 8.13. The number of nitrogens with zero attached hydrogens (tertiary/aromatic N) is 1. The lowest BCUT2D eigenvalue weighted by Crippen LogP contribution is -2.46. The molecule has 0 bridgehead atoms. The van der Waals surface area contributed by atoms with E-state index in [0.717, 1.165) is 44.9 Å². The average Bonchev–Trinajstić information content (AvgIpc) is 3.24. The molecule has 0 radical (unpaired) electrons. The van der Waals surface area contributed by atoms with Gasteiger partial charge in [0.1, 0.15) is 13.2 Å². The van der Waals surface area contributed by atoms with E-state index in [1.54, 1.807) is 0 Å². The predicted molar refractivity (Wildman–Crippen MR) is 270 cm³/mol. The fourth-order valence-corrected chi connectivity index (χ4v) is 8.85. The number of allylic oxidation sites excluding steroid dienone is 4. The summed E-state index contributed by atoms with van der Waals surface area (Å²) in [7, 11) is 1.31. The molecule has 1 amide bonds. The van der Waals surface area contributed by atoms with Crippen molar-refractivity contribution in [3.8, 4) is 0 Å². The molecule has 374 valence electrons. The molecule has 0 spiro atoms. The Morgan fingerprint density at radius 1 is 0.556 bits per heavy atom. The predicted octanol–water partition coefficient (Wildman–Crippen LogP) is 15.4. The number of carbonyl (C=O) groups excluding carboxylic acids is 1. The molecule has 9 heteroatoms. The maximum Gasteiger partial charge on any atom is 0.268 e. The van der Waals surface area contributed by atoms with Crippen molar-refractivity contribution in [3.63, 3.8) is 0 Å². The molecule has 0 aliphatic heterocycles. The molecule has 0 aliphatic carbocycles. The van der Waals surface area contributed by atoms with Crippen LogP contribution in [0, 0.1) is 0 Å². The van der Waals surface area contributed by atoms with Crippen LogP contribution in [0.2, 0.25) is 0 Å². The van der Waals surface area contributed by atoms with Crippen molar-refractivity contribution in [2.75, 3.05) is 40.9 Å². The van der Waals surface area contributed by atoms with E-state index in [1.165, 1.54) is 193 Å². The molecule has 3 atom stereocenters. The van der Waals surface area contributed by atoms with Gasteiger partial charge < -0.3 is 28.8 Å². The van der Waals surface area contributed by atoms with Crippen LogP contribution >= 0.6 is 7.82 Å². The zero-order valence-corrected chi connectivity index (χ0v) is 43.4. The van der Waals surface area contributed by atoms with Crippen LogP contribution in [0.5, 0.6) is 0 Å². The summed E-state index contributed by atoms with van der Waals surface area (Å²) in [6, 6.07) is -0.799. The maximum absolute atomic E-state index is 12.9. The molecule has 63 heavy (non-hydrogen) atoms. The SMILES string of the molecule is CCCCCCCCCCC/C=C\C/C=C\CCCCCCCCCCCCCC(=O)NC(COP(=O)([O-])OCC[N+](C)(C)C)C(O)CCCCCCCCCCCCCCCC. The topological polar surface area (TPSA) is 108 Å². The van der Waals surface area contributed by atoms with E-state index in [1.807, 2.05) is 21.1 Å². The minimum absolute atomic E-state index is 0.0129. The number of phosphoric ester groups is 1. The van der Waals surface area contributed by atoms with Gasteiger partial charge in [-0.1, -0.05) is 237 Å².